The van der Waals surface area contributed by atoms with Gasteiger partial charge < -0.3 is 11.1 Å². The third kappa shape index (κ3) is 2.03. The van der Waals surface area contributed by atoms with Gasteiger partial charge in [0, 0.05) is 6.04 Å². The highest BCUT2D eigenvalue weighted by molar-refractivity contribution is 5.80. The highest BCUT2D eigenvalue weighted by atomic mass is 16.2. The van der Waals surface area contributed by atoms with E-state index in [1.807, 2.05) is 6.07 Å². The molecule has 2 aliphatic carbocycles. The smallest absolute Gasteiger partial charge is 0.225 e. The van der Waals surface area contributed by atoms with Gasteiger partial charge in [0.05, 0.1) is 12.0 Å². The zero-order chi connectivity index (χ0) is 12.5. The lowest BCUT2D eigenvalue weighted by Crippen LogP contribution is -2.39. The maximum absolute atomic E-state index is 12.2. The van der Waals surface area contributed by atoms with Gasteiger partial charge in [-0.2, -0.15) is 0 Å². The molecule has 0 bridgehead atoms. The largest absolute Gasteiger partial charge is 0.349 e. The Hall–Kier alpha value is -1.35. The van der Waals surface area contributed by atoms with Crippen molar-refractivity contribution in [1.82, 2.24) is 5.32 Å². The van der Waals surface area contributed by atoms with Crippen molar-refractivity contribution in [1.29, 1.82) is 0 Å². The van der Waals surface area contributed by atoms with Crippen LogP contribution in [-0.4, -0.2) is 11.9 Å². The molecule has 0 radical (unpaired) electrons. The molecule has 0 aliphatic heterocycles. The van der Waals surface area contributed by atoms with E-state index in [-0.39, 0.29) is 23.9 Å². The monoisotopic (exact) mass is 244 g/mol. The fraction of sp³-hybridized carbons (Fsp3) is 0.533. The first-order valence-corrected chi connectivity index (χ1v) is 6.89. The topological polar surface area (TPSA) is 55.1 Å². The van der Waals surface area contributed by atoms with Crippen molar-refractivity contribution in [2.75, 3.05) is 0 Å². The van der Waals surface area contributed by atoms with Crippen LogP contribution in [0.3, 0.4) is 0 Å². The van der Waals surface area contributed by atoms with Crippen LogP contribution in [-0.2, 0) is 11.2 Å². The Bertz CT molecular complexity index is 458. The Kier molecular flexibility index (Phi) is 3.08. The van der Waals surface area contributed by atoms with Crippen LogP contribution in [0, 0.1) is 5.92 Å². The molecule has 3 heteroatoms. The third-order valence-corrected chi connectivity index (χ3v) is 4.36. The highest BCUT2D eigenvalue weighted by Gasteiger charge is 2.32. The van der Waals surface area contributed by atoms with E-state index in [0.717, 1.165) is 32.1 Å². The zero-order valence-corrected chi connectivity index (χ0v) is 10.6. The quantitative estimate of drug-likeness (QED) is 0.835. The molecule has 0 unspecified atom stereocenters. The normalized spacial score (nSPS) is 30.2. The molecule has 3 nitrogen and oxygen atoms in total. The van der Waals surface area contributed by atoms with Gasteiger partial charge in [0.1, 0.15) is 0 Å². The molecule has 18 heavy (non-hydrogen) atoms. The fourth-order valence-electron chi connectivity index (χ4n) is 3.30. The summed E-state index contributed by atoms with van der Waals surface area (Å²) in [5.74, 6) is 0.180. The maximum atomic E-state index is 12.2. The predicted molar refractivity (Wildman–Crippen MR) is 71.0 cm³/mol. The van der Waals surface area contributed by atoms with Gasteiger partial charge >= 0.3 is 0 Å². The number of amides is 1. The van der Waals surface area contributed by atoms with Crippen LogP contribution in [0.5, 0.6) is 0 Å². The number of fused-ring (bicyclic) bond motifs is 1. The van der Waals surface area contributed by atoms with Crippen LogP contribution < -0.4 is 11.1 Å². The average molecular weight is 244 g/mol. The van der Waals surface area contributed by atoms with Gasteiger partial charge in [0.15, 0.2) is 0 Å². The van der Waals surface area contributed by atoms with Crippen LogP contribution in [0.1, 0.15) is 42.9 Å². The summed E-state index contributed by atoms with van der Waals surface area (Å²) in [4.78, 5) is 12.2. The van der Waals surface area contributed by atoms with E-state index in [9.17, 15) is 4.79 Å². The summed E-state index contributed by atoms with van der Waals surface area (Å²) < 4.78 is 0. The van der Waals surface area contributed by atoms with E-state index in [1.165, 1.54) is 11.1 Å². The second-order valence-corrected chi connectivity index (χ2v) is 5.50. The number of rotatable bonds is 2. The summed E-state index contributed by atoms with van der Waals surface area (Å²) in [5, 5.41) is 3.19. The van der Waals surface area contributed by atoms with Crippen molar-refractivity contribution < 1.29 is 4.79 Å². The molecular weight excluding hydrogens is 224 g/mol. The maximum Gasteiger partial charge on any atom is 0.225 e. The van der Waals surface area contributed by atoms with E-state index >= 15 is 0 Å². The Morgan fingerprint density at radius 1 is 1.22 bits per heavy atom. The summed E-state index contributed by atoms with van der Waals surface area (Å²) in [5.41, 5.74) is 8.65. The first-order chi connectivity index (χ1) is 8.75. The summed E-state index contributed by atoms with van der Waals surface area (Å²) in [6.45, 7) is 0. The molecule has 0 saturated heterocycles. The molecule has 3 atom stereocenters. The predicted octanol–water partition coefficient (Wildman–Crippen LogP) is 1.92. The molecule has 2 aliphatic rings. The van der Waals surface area contributed by atoms with E-state index in [2.05, 4.69) is 23.5 Å². The minimum atomic E-state index is 0.0257. The SMILES string of the molecule is N[C@@H]1CCC[C@@H]1C(=O)N[C@@H]1CCc2ccccc21. The Morgan fingerprint density at radius 3 is 2.83 bits per heavy atom. The van der Waals surface area contributed by atoms with Crippen molar-refractivity contribution >= 4 is 5.91 Å². The first kappa shape index (κ1) is 11.7. The summed E-state index contributed by atoms with van der Waals surface area (Å²) in [6.07, 6.45) is 5.10. The van der Waals surface area contributed by atoms with E-state index in [0.29, 0.717) is 0 Å². The Morgan fingerprint density at radius 2 is 2.06 bits per heavy atom. The van der Waals surface area contributed by atoms with Crippen LogP contribution in [0.2, 0.25) is 0 Å². The van der Waals surface area contributed by atoms with Gasteiger partial charge in [-0.3, -0.25) is 4.79 Å². The molecule has 1 aromatic carbocycles. The van der Waals surface area contributed by atoms with E-state index < -0.39 is 0 Å². The van der Waals surface area contributed by atoms with Gasteiger partial charge in [-0.25, -0.2) is 0 Å². The lowest BCUT2D eigenvalue weighted by molar-refractivity contribution is -0.125. The van der Waals surface area contributed by atoms with E-state index in [4.69, 9.17) is 5.73 Å². The molecular formula is C15H20N2O. The number of benzene rings is 1. The summed E-state index contributed by atoms with van der Waals surface area (Å²) in [6, 6.07) is 8.65. The number of carbonyl (C=O) groups excluding carboxylic acids is 1. The van der Waals surface area contributed by atoms with Crippen LogP contribution in [0.15, 0.2) is 24.3 Å². The molecule has 0 aromatic heterocycles. The number of aryl methyl sites for hydroxylation is 1. The van der Waals surface area contributed by atoms with Crippen LogP contribution >= 0.6 is 0 Å². The molecule has 0 heterocycles. The molecule has 1 saturated carbocycles. The average Bonchev–Trinajstić information content (AvgIpc) is 2.97. The second kappa shape index (κ2) is 4.73. The Labute approximate surface area is 108 Å². The van der Waals surface area contributed by atoms with Gasteiger partial charge in [-0.1, -0.05) is 30.7 Å². The van der Waals surface area contributed by atoms with Crippen molar-refractivity contribution in [3.05, 3.63) is 35.4 Å². The lowest BCUT2D eigenvalue weighted by atomic mass is 10.0. The highest BCUT2D eigenvalue weighted by Crippen LogP contribution is 2.32. The third-order valence-electron chi connectivity index (χ3n) is 4.36. The molecule has 1 amide bonds. The van der Waals surface area contributed by atoms with Crippen LogP contribution in [0.25, 0.3) is 0 Å². The lowest BCUT2D eigenvalue weighted by Gasteiger charge is -2.19. The summed E-state index contributed by atoms with van der Waals surface area (Å²) in [7, 11) is 0. The molecule has 96 valence electrons. The molecule has 1 aromatic rings. The van der Waals surface area contributed by atoms with Crippen molar-refractivity contribution in [3.8, 4) is 0 Å². The molecule has 3 rings (SSSR count). The van der Waals surface area contributed by atoms with Gasteiger partial charge in [0.25, 0.3) is 0 Å². The molecule has 0 spiro atoms. The van der Waals surface area contributed by atoms with Gasteiger partial charge in [-0.05, 0) is 36.8 Å². The van der Waals surface area contributed by atoms with Crippen molar-refractivity contribution in [2.24, 2.45) is 11.7 Å². The minimum absolute atomic E-state index is 0.0257. The number of hydrogen-bond acceptors (Lipinski definition) is 2. The fourth-order valence-corrected chi connectivity index (χ4v) is 3.30. The van der Waals surface area contributed by atoms with Crippen molar-refractivity contribution in [3.63, 3.8) is 0 Å². The zero-order valence-electron chi connectivity index (χ0n) is 10.6. The molecule has 1 fully saturated rings. The Balaban J connectivity index is 1.69. The van der Waals surface area contributed by atoms with E-state index in [1.54, 1.807) is 0 Å². The second-order valence-electron chi connectivity index (χ2n) is 5.50. The van der Waals surface area contributed by atoms with Crippen molar-refractivity contribution in [2.45, 2.75) is 44.2 Å². The summed E-state index contributed by atoms with van der Waals surface area (Å²) >= 11 is 0. The molecule has 3 N–H and O–H groups in total. The number of nitrogens with one attached hydrogen (secondary N) is 1. The van der Waals surface area contributed by atoms with Gasteiger partial charge in [-0.15, -0.1) is 0 Å². The first-order valence-electron chi connectivity index (χ1n) is 6.89. The number of hydrogen-bond donors (Lipinski definition) is 2. The minimum Gasteiger partial charge on any atom is -0.349 e. The number of nitrogens with two attached hydrogens (primary N) is 1. The van der Waals surface area contributed by atoms with Crippen LogP contribution in [0.4, 0.5) is 0 Å². The standard InChI is InChI=1S/C15H20N2O/c16-13-7-3-6-12(13)15(18)17-14-9-8-10-4-1-2-5-11(10)14/h1-2,4-5,12-14H,3,6-9,16H2,(H,17,18)/t12-,13+,14+/m0/s1. The van der Waals surface area contributed by atoms with Gasteiger partial charge in [0.2, 0.25) is 5.91 Å². The number of carbonyl (C=O) groups is 1.